The molecule has 0 saturated carbocycles. The van der Waals surface area contributed by atoms with Crippen LogP contribution in [0.4, 0.5) is 0 Å². The average molecular weight is 256 g/mol. The highest BCUT2D eigenvalue weighted by molar-refractivity contribution is 5.86. The van der Waals surface area contributed by atoms with E-state index in [1.165, 1.54) is 0 Å². The first-order valence-electron chi connectivity index (χ1n) is 6.75. The van der Waals surface area contributed by atoms with Crippen molar-refractivity contribution in [3.05, 3.63) is 0 Å². The Hall–Kier alpha value is -1.10. The van der Waals surface area contributed by atoms with E-state index in [1.807, 2.05) is 13.8 Å². The Labute approximate surface area is 109 Å². The van der Waals surface area contributed by atoms with Gasteiger partial charge in [0.15, 0.2) is 0 Å². The van der Waals surface area contributed by atoms with Crippen LogP contribution in [0.2, 0.25) is 0 Å². The molecule has 0 radical (unpaired) electrons. The summed E-state index contributed by atoms with van der Waals surface area (Å²) in [6.45, 7) is 6.87. The standard InChI is InChI=1S/C13H24N2O3/c1-4-18-12(16)9-15(10(2)3)13(17)11-7-5-6-8-14-11/h10-11,14H,4-9H2,1-3H3/t11-/m1/s1. The van der Waals surface area contributed by atoms with Crippen molar-refractivity contribution in [2.24, 2.45) is 0 Å². The van der Waals surface area contributed by atoms with Gasteiger partial charge in [-0.25, -0.2) is 0 Å². The normalized spacial score (nSPS) is 19.7. The Morgan fingerprint density at radius 1 is 1.39 bits per heavy atom. The van der Waals surface area contributed by atoms with E-state index in [1.54, 1.807) is 11.8 Å². The monoisotopic (exact) mass is 256 g/mol. The van der Waals surface area contributed by atoms with Gasteiger partial charge in [0, 0.05) is 6.04 Å². The van der Waals surface area contributed by atoms with Gasteiger partial charge in [-0.2, -0.15) is 0 Å². The number of hydrogen-bond donors (Lipinski definition) is 1. The van der Waals surface area contributed by atoms with E-state index in [0.717, 1.165) is 25.8 Å². The van der Waals surface area contributed by atoms with E-state index in [2.05, 4.69) is 5.32 Å². The van der Waals surface area contributed by atoms with E-state index in [9.17, 15) is 9.59 Å². The van der Waals surface area contributed by atoms with Gasteiger partial charge < -0.3 is 15.0 Å². The first-order valence-corrected chi connectivity index (χ1v) is 6.75. The number of esters is 1. The van der Waals surface area contributed by atoms with Crippen LogP contribution in [-0.4, -0.2) is 48.6 Å². The highest BCUT2D eigenvalue weighted by Gasteiger charge is 2.28. The first kappa shape index (κ1) is 15.0. The predicted molar refractivity (Wildman–Crippen MR) is 69.1 cm³/mol. The molecule has 1 heterocycles. The lowest BCUT2D eigenvalue weighted by molar-refractivity contribution is -0.151. The Balaban J connectivity index is 2.59. The number of hydrogen-bond acceptors (Lipinski definition) is 4. The summed E-state index contributed by atoms with van der Waals surface area (Å²) in [5.74, 6) is -0.326. The third kappa shape index (κ3) is 4.29. The van der Waals surface area contributed by atoms with Crippen LogP contribution >= 0.6 is 0 Å². The van der Waals surface area contributed by atoms with Crippen LogP contribution < -0.4 is 5.32 Å². The van der Waals surface area contributed by atoms with Crippen LogP contribution in [0.3, 0.4) is 0 Å². The third-order valence-electron chi connectivity index (χ3n) is 3.12. The number of nitrogens with one attached hydrogen (secondary N) is 1. The van der Waals surface area contributed by atoms with Gasteiger partial charge in [0.1, 0.15) is 6.54 Å². The zero-order valence-electron chi connectivity index (χ0n) is 11.6. The fourth-order valence-electron chi connectivity index (χ4n) is 2.12. The van der Waals surface area contributed by atoms with Gasteiger partial charge in [0.05, 0.1) is 12.6 Å². The SMILES string of the molecule is CCOC(=O)CN(C(=O)[C@H]1CCCCN1)C(C)C. The second-order valence-electron chi connectivity index (χ2n) is 4.87. The summed E-state index contributed by atoms with van der Waals surface area (Å²) in [6, 6.07) is -0.138. The molecule has 1 fully saturated rings. The van der Waals surface area contributed by atoms with Crippen molar-refractivity contribution in [3.8, 4) is 0 Å². The summed E-state index contributed by atoms with van der Waals surface area (Å²) in [6.07, 6.45) is 3.03. The molecule has 1 atom stereocenters. The summed E-state index contributed by atoms with van der Waals surface area (Å²) < 4.78 is 4.91. The molecule has 0 spiro atoms. The fraction of sp³-hybridized carbons (Fsp3) is 0.846. The van der Waals surface area contributed by atoms with Gasteiger partial charge in [-0.3, -0.25) is 9.59 Å². The Morgan fingerprint density at radius 2 is 2.11 bits per heavy atom. The third-order valence-corrected chi connectivity index (χ3v) is 3.12. The molecule has 1 saturated heterocycles. The average Bonchev–Trinajstić information content (AvgIpc) is 2.36. The van der Waals surface area contributed by atoms with Crippen molar-refractivity contribution in [2.75, 3.05) is 19.7 Å². The molecular formula is C13H24N2O3. The molecule has 5 nitrogen and oxygen atoms in total. The molecule has 1 aliphatic heterocycles. The fourth-order valence-corrected chi connectivity index (χ4v) is 2.12. The van der Waals surface area contributed by atoms with Crippen LogP contribution in [0.5, 0.6) is 0 Å². The molecule has 104 valence electrons. The zero-order chi connectivity index (χ0) is 13.5. The topological polar surface area (TPSA) is 58.6 Å². The van der Waals surface area contributed by atoms with Crippen molar-refractivity contribution in [1.82, 2.24) is 10.2 Å². The number of nitrogens with zero attached hydrogens (tertiary/aromatic N) is 1. The molecule has 5 heteroatoms. The highest BCUT2D eigenvalue weighted by atomic mass is 16.5. The van der Waals surface area contributed by atoms with Crippen LogP contribution in [0.1, 0.15) is 40.0 Å². The highest BCUT2D eigenvalue weighted by Crippen LogP contribution is 2.12. The van der Waals surface area contributed by atoms with Crippen molar-refractivity contribution in [1.29, 1.82) is 0 Å². The quantitative estimate of drug-likeness (QED) is 0.743. The minimum Gasteiger partial charge on any atom is -0.465 e. The summed E-state index contributed by atoms with van der Waals surface area (Å²) in [5.41, 5.74) is 0. The number of piperidine rings is 1. The van der Waals surface area contributed by atoms with E-state index in [-0.39, 0.29) is 30.5 Å². The molecule has 1 amide bonds. The van der Waals surface area contributed by atoms with Crippen molar-refractivity contribution < 1.29 is 14.3 Å². The summed E-state index contributed by atoms with van der Waals surface area (Å²) in [5, 5.41) is 3.22. The van der Waals surface area contributed by atoms with Crippen molar-refractivity contribution in [2.45, 2.75) is 52.1 Å². The van der Waals surface area contributed by atoms with Crippen LogP contribution in [0.15, 0.2) is 0 Å². The van der Waals surface area contributed by atoms with Gasteiger partial charge in [0.25, 0.3) is 0 Å². The molecule has 0 aromatic heterocycles. The second kappa shape index (κ2) is 7.36. The van der Waals surface area contributed by atoms with E-state index in [0.29, 0.717) is 6.61 Å². The number of carbonyl (C=O) groups is 2. The van der Waals surface area contributed by atoms with Gasteiger partial charge in [-0.1, -0.05) is 6.42 Å². The summed E-state index contributed by atoms with van der Waals surface area (Å²) in [4.78, 5) is 25.4. The molecule has 0 aliphatic carbocycles. The maximum Gasteiger partial charge on any atom is 0.325 e. The lowest BCUT2D eigenvalue weighted by Gasteiger charge is -2.32. The number of ether oxygens (including phenoxy) is 1. The van der Waals surface area contributed by atoms with Crippen LogP contribution in [0.25, 0.3) is 0 Å². The number of carbonyl (C=O) groups excluding carboxylic acids is 2. The zero-order valence-corrected chi connectivity index (χ0v) is 11.6. The van der Waals surface area contributed by atoms with Crippen molar-refractivity contribution >= 4 is 11.9 Å². The predicted octanol–water partition coefficient (Wildman–Crippen LogP) is 0.929. The number of rotatable bonds is 5. The Morgan fingerprint density at radius 3 is 2.61 bits per heavy atom. The molecule has 0 aromatic rings. The van der Waals surface area contributed by atoms with Gasteiger partial charge in [0.2, 0.25) is 5.91 Å². The van der Waals surface area contributed by atoms with Crippen LogP contribution in [0, 0.1) is 0 Å². The maximum absolute atomic E-state index is 12.3. The molecule has 18 heavy (non-hydrogen) atoms. The lowest BCUT2D eigenvalue weighted by Crippen LogP contribution is -2.52. The van der Waals surface area contributed by atoms with Crippen LogP contribution in [-0.2, 0) is 14.3 Å². The first-order chi connectivity index (χ1) is 8.56. The lowest BCUT2D eigenvalue weighted by atomic mass is 10.0. The smallest absolute Gasteiger partial charge is 0.325 e. The second-order valence-corrected chi connectivity index (χ2v) is 4.87. The molecule has 1 N–H and O–H groups in total. The molecule has 1 aliphatic rings. The van der Waals surface area contributed by atoms with Gasteiger partial charge in [-0.05, 0) is 40.2 Å². The molecule has 0 bridgehead atoms. The Kier molecular flexibility index (Phi) is 6.12. The van der Waals surface area contributed by atoms with E-state index < -0.39 is 0 Å². The minimum atomic E-state index is -0.338. The number of amides is 1. The van der Waals surface area contributed by atoms with Crippen molar-refractivity contribution in [3.63, 3.8) is 0 Å². The summed E-state index contributed by atoms with van der Waals surface area (Å²) in [7, 11) is 0. The minimum absolute atomic E-state index is 0.00522. The molecule has 1 rings (SSSR count). The molecule has 0 unspecified atom stereocenters. The molecular weight excluding hydrogens is 232 g/mol. The summed E-state index contributed by atoms with van der Waals surface area (Å²) >= 11 is 0. The molecule has 0 aromatic carbocycles. The Bertz CT molecular complexity index is 286. The maximum atomic E-state index is 12.3. The van der Waals surface area contributed by atoms with E-state index >= 15 is 0 Å². The largest absolute Gasteiger partial charge is 0.465 e. The van der Waals surface area contributed by atoms with E-state index in [4.69, 9.17) is 4.74 Å². The van der Waals surface area contributed by atoms with Gasteiger partial charge >= 0.3 is 5.97 Å². The van der Waals surface area contributed by atoms with Gasteiger partial charge in [-0.15, -0.1) is 0 Å².